The summed E-state index contributed by atoms with van der Waals surface area (Å²) in [6.07, 6.45) is 1.11. The molecule has 1 aromatic carbocycles. The number of allylic oxidation sites excluding steroid dienone is 1. The molecule has 0 amide bonds. The highest BCUT2D eigenvalue weighted by atomic mass is 35.5. The van der Waals surface area contributed by atoms with Gasteiger partial charge in [0.25, 0.3) is 0 Å². The van der Waals surface area contributed by atoms with Crippen LogP contribution in [-0.4, -0.2) is 12.6 Å². The van der Waals surface area contributed by atoms with Crippen LogP contribution in [-0.2, 0) is 0 Å². The molecule has 3 N–H and O–H groups in total. The van der Waals surface area contributed by atoms with E-state index < -0.39 is 0 Å². The van der Waals surface area contributed by atoms with E-state index in [2.05, 4.69) is 30.0 Å². The number of hydrogen-bond acceptors (Lipinski definition) is 3. The summed E-state index contributed by atoms with van der Waals surface area (Å²) in [5, 5.41) is 4.16. The molecule has 1 heterocycles. The maximum atomic E-state index is 5.83. The van der Waals surface area contributed by atoms with Crippen LogP contribution >= 0.6 is 11.6 Å². The molecule has 1 unspecified atom stereocenters. The molecular weight excluding hydrogens is 234 g/mol. The Kier molecular flexibility index (Phi) is 3.92. The number of nitrogens with one attached hydrogen (secondary N) is 3. The number of anilines is 1. The first-order valence-electron chi connectivity index (χ1n) is 5.85. The van der Waals surface area contributed by atoms with Crippen molar-refractivity contribution in [3.05, 3.63) is 40.6 Å². The number of hydrogen-bond donors (Lipinski definition) is 3. The van der Waals surface area contributed by atoms with Crippen molar-refractivity contribution in [2.45, 2.75) is 26.3 Å². The SMILES string of the molecule is CC(NNc1ccc(Cl)cc1)=C1CNC(C)C1. The average molecular weight is 252 g/mol. The maximum absolute atomic E-state index is 5.83. The van der Waals surface area contributed by atoms with Crippen LogP contribution < -0.4 is 16.2 Å². The summed E-state index contributed by atoms with van der Waals surface area (Å²) in [5.74, 6) is 0. The van der Waals surface area contributed by atoms with Gasteiger partial charge >= 0.3 is 0 Å². The summed E-state index contributed by atoms with van der Waals surface area (Å²) in [6, 6.07) is 8.21. The van der Waals surface area contributed by atoms with Crippen LogP contribution in [0.4, 0.5) is 5.69 Å². The molecule has 0 aliphatic carbocycles. The zero-order chi connectivity index (χ0) is 12.3. The highest BCUT2D eigenvalue weighted by molar-refractivity contribution is 6.30. The minimum Gasteiger partial charge on any atom is -0.310 e. The van der Waals surface area contributed by atoms with Crippen LogP contribution in [0.1, 0.15) is 20.3 Å². The molecule has 3 nitrogen and oxygen atoms in total. The number of benzene rings is 1. The molecular formula is C13H18ClN3. The van der Waals surface area contributed by atoms with Crippen LogP contribution in [0.3, 0.4) is 0 Å². The number of hydrazine groups is 1. The molecule has 1 aromatic rings. The average Bonchev–Trinajstić information content (AvgIpc) is 2.75. The van der Waals surface area contributed by atoms with E-state index in [0.717, 1.165) is 23.7 Å². The third-order valence-electron chi connectivity index (χ3n) is 2.99. The Morgan fingerprint density at radius 2 is 2.06 bits per heavy atom. The molecule has 1 aliphatic heterocycles. The smallest absolute Gasteiger partial charge is 0.0540 e. The van der Waals surface area contributed by atoms with Gasteiger partial charge in [0.15, 0.2) is 0 Å². The second-order valence-corrected chi connectivity index (χ2v) is 4.91. The summed E-state index contributed by atoms with van der Waals surface area (Å²) < 4.78 is 0. The predicted molar refractivity (Wildman–Crippen MR) is 73.0 cm³/mol. The van der Waals surface area contributed by atoms with Gasteiger partial charge in [-0.25, -0.2) is 0 Å². The summed E-state index contributed by atoms with van der Waals surface area (Å²) >= 11 is 5.83. The number of rotatable bonds is 3. The molecule has 0 spiro atoms. The van der Waals surface area contributed by atoms with Gasteiger partial charge in [0.2, 0.25) is 0 Å². The summed E-state index contributed by atoms with van der Waals surface area (Å²) in [6.45, 7) is 5.27. The van der Waals surface area contributed by atoms with Crippen molar-refractivity contribution in [1.29, 1.82) is 0 Å². The van der Waals surface area contributed by atoms with Crippen molar-refractivity contribution in [2.75, 3.05) is 12.0 Å². The van der Waals surface area contributed by atoms with E-state index in [9.17, 15) is 0 Å². The topological polar surface area (TPSA) is 36.1 Å². The molecule has 1 atom stereocenters. The fourth-order valence-corrected chi connectivity index (χ4v) is 2.01. The fraction of sp³-hybridized carbons (Fsp3) is 0.385. The van der Waals surface area contributed by atoms with E-state index in [-0.39, 0.29) is 0 Å². The highest BCUT2D eigenvalue weighted by Gasteiger charge is 2.15. The van der Waals surface area contributed by atoms with Gasteiger partial charge < -0.3 is 16.2 Å². The van der Waals surface area contributed by atoms with Crippen molar-refractivity contribution in [3.8, 4) is 0 Å². The van der Waals surface area contributed by atoms with E-state index >= 15 is 0 Å². The maximum Gasteiger partial charge on any atom is 0.0540 e. The van der Waals surface area contributed by atoms with Gasteiger partial charge in [-0.15, -0.1) is 0 Å². The van der Waals surface area contributed by atoms with Gasteiger partial charge in [0.1, 0.15) is 0 Å². The molecule has 1 saturated heterocycles. The largest absolute Gasteiger partial charge is 0.310 e. The van der Waals surface area contributed by atoms with Crippen LogP contribution in [0.25, 0.3) is 0 Å². The monoisotopic (exact) mass is 251 g/mol. The Morgan fingerprint density at radius 1 is 1.35 bits per heavy atom. The van der Waals surface area contributed by atoms with Gasteiger partial charge in [-0.1, -0.05) is 11.6 Å². The Bertz CT molecular complexity index is 411. The van der Waals surface area contributed by atoms with Crippen molar-refractivity contribution in [3.63, 3.8) is 0 Å². The van der Waals surface area contributed by atoms with Crippen molar-refractivity contribution in [2.24, 2.45) is 0 Å². The standard InChI is InChI=1S/C13H18ClN3/c1-9-7-11(8-15-9)10(2)16-17-13-5-3-12(14)4-6-13/h3-6,9,15-17H,7-8H2,1-2H3. The molecule has 0 saturated carbocycles. The van der Waals surface area contributed by atoms with Crippen LogP contribution in [0.2, 0.25) is 5.02 Å². The van der Waals surface area contributed by atoms with E-state index in [1.165, 1.54) is 11.3 Å². The summed E-state index contributed by atoms with van der Waals surface area (Å²) in [5.41, 5.74) is 10.0. The lowest BCUT2D eigenvalue weighted by molar-refractivity contribution is 0.666. The van der Waals surface area contributed by atoms with Crippen LogP contribution in [0, 0.1) is 0 Å². The lowest BCUT2D eigenvalue weighted by Crippen LogP contribution is -2.21. The third kappa shape index (κ3) is 3.38. The van der Waals surface area contributed by atoms with E-state index in [0.29, 0.717) is 6.04 Å². The van der Waals surface area contributed by atoms with Gasteiger partial charge in [0.05, 0.1) is 5.69 Å². The lowest BCUT2D eigenvalue weighted by Gasteiger charge is -2.12. The zero-order valence-electron chi connectivity index (χ0n) is 10.2. The molecule has 0 aromatic heterocycles. The molecule has 4 heteroatoms. The number of halogens is 1. The van der Waals surface area contributed by atoms with E-state index in [4.69, 9.17) is 11.6 Å². The van der Waals surface area contributed by atoms with Gasteiger partial charge in [0, 0.05) is 23.3 Å². The fourth-order valence-electron chi connectivity index (χ4n) is 1.88. The van der Waals surface area contributed by atoms with Crippen LogP contribution in [0.5, 0.6) is 0 Å². The molecule has 17 heavy (non-hydrogen) atoms. The first kappa shape index (κ1) is 12.3. The summed E-state index contributed by atoms with van der Waals surface area (Å²) in [4.78, 5) is 0. The Labute approximate surface area is 107 Å². The minimum atomic E-state index is 0.581. The Hall–Kier alpha value is -1.19. The second-order valence-electron chi connectivity index (χ2n) is 4.47. The Morgan fingerprint density at radius 3 is 2.65 bits per heavy atom. The van der Waals surface area contributed by atoms with E-state index in [1.807, 2.05) is 24.3 Å². The quantitative estimate of drug-likeness (QED) is 0.723. The Balaban J connectivity index is 1.92. The van der Waals surface area contributed by atoms with Gasteiger partial charge in [-0.05, 0) is 50.1 Å². The first-order chi connectivity index (χ1) is 8.15. The minimum absolute atomic E-state index is 0.581. The van der Waals surface area contributed by atoms with Gasteiger partial charge in [-0.2, -0.15) is 0 Å². The van der Waals surface area contributed by atoms with Crippen molar-refractivity contribution >= 4 is 17.3 Å². The van der Waals surface area contributed by atoms with Crippen LogP contribution in [0.15, 0.2) is 35.5 Å². The zero-order valence-corrected chi connectivity index (χ0v) is 10.9. The second kappa shape index (κ2) is 5.43. The molecule has 2 rings (SSSR count). The van der Waals surface area contributed by atoms with Gasteiger partial charge in [-0.3, -0.25) is 0 Å². The molecule has 1 aliphatic rings. The molecule has 0 radical (unpaired) electrons. The molecule has 0 bridgehead atoms. The lowest BCUT2D eigenvalue weighted by atomic mass is 10.1. The molecule has 92 valence electrons. The van der Waals surface area contributed by atoms with E-state index in [1.54, 1.807) is 0 Å². The van der Waals surface area contributed by atoms with Crippen molar-refractivity contribution < 1.29 is 0 Å². The van der Waals surface area contributed by atoms with Crippen molar-refractivity contribution in [1.82, 2.24) is 10.7 Å². The normalized spacial score (nSPS) is 22.4. The molecule has 1 fully saturated rings. The third-order valence-corrected chi connectivity index (χ3v) is 3.24. The first-order valence-corrected chi connectivity index (χ1v) is 6.22. The highest BCUT2D eigenvalue weighted by Crippen LogP contribution is 2.16. The predicted octanol–water partition coefficient (Wildman–Crippen LogP) is 2.91. The summed E-state index contributed by atoms with van der Waals surface area (Å²) in [7, 11) is 0.